The van der Waals surface area contributed by atoms with Crippen molar-refractivity contribution in [3.05, 3.63) is 106 Å². The maximum Gasteiger partial charge on any atom is 0.251 e. The number of carbonyl (C=O) groups excluding carboxylic acids is 2. The molecule has 0 saturated carbocycles. The molecule has 0 heterocycles. The van der Waals surface area contributed by atoms with Crippen molar-refractivity contribution in [1.82, 2.24) is 10.6 Å². The summed E-state index contributed by atoms with van der Waals surface area (Å²) >= 11 is 0. The standard InChI is InChI=1S/C69H107N3O10/c1-7-11-15-19-23-27-41-79-63-52-59(51-55(5)56(63)6)68(73)71-39-45-75-47-49-77-61-35-31-57(32-36-61)66(70)58-33-37-62(38-34-58)78-50-48-76-46-40-72-69(74)60-53-64(80-42-28-24-20-16-12-8-2)67(82-44-30-26-22-18-14-10-4)65(54-60)81-43-29-25-21-17-13-9-3/h31-38,51-54,66H,7-30,39-50,70H2,1-6H3,(H,71,73)(H,72,74). The summed E-state index contributed by atoms with van der Waals surface area (Å²) in [5, 5.41) is 5.98. The van der Waals surface area contributed by atoms with Crippen LogP contribution in [-0.2, 0) is 9.47 Å². The molecule has 458 valence electrons. The van der Waals surface area contributed by atoms with Crippen LogP contribution in [0, 0.1) is 13.8 Å². The number of aryl methyl sites for hydroxylation is 1. The summed E-state index contributed by atoms with van der Waals surface area (Å²) in [5.41, 5.74) is 11.7. The number of nitrogens with one attached hydrogen (secondary N) is 2. The first-order valence-corrected chi connectivity index (χ1v) is 31.9. The van der Waals surface area contributed by atoms with Gasteiger partial charge in [-0.3, -0.25) is 9.59 Å². The van der Waals surface area contributed by atoms with Gasteiger partial charge in [0.05, 0.1) is 58.9 Å². The minimum Gasteiger partial charge on any atom is -0.493 e. The molecule has 0 aliphatic rings. The van der Waals surface area contributed by atoms with E-state index in [0.29, 0.717) is 113 Å². The molecule has 13 nitrogen and oxygen atoms in total. The van der Waals surface area contributed by atoms with Crippen LogP contribution < -0.4 is 44.8 Å². The molecule has 0 aromatic heterocycles. The van der Waals surface area contributed by atoms with E-state index in [1.54, 1.807) is 0 Å². The van der Waals surface area contributed by atoms with E-state index in [1.165, 1.54) is 103 Å². The van der Waals surface area contributed by atoms with Crippen molar-refractivity contribution in [3.8, 4) is 34.5 Å². The number of unbranched alkanes of at least 4 members (excludes halogenated alkanes) is 20. The Labute approximate surface area is 495 Å². The highest BCUT2D eigenvalue weighted by molar-refractivity contribution is 5.96. The maximum atomic E-state index is 13.7. The average molecular weight is 1140 g/mol. The van der Waals surface area contributed by atoms with Crippen molar-refractivity contribution in [2.45, 2.75) is 202 Å². The van der Waals surface area contributed by atoms with Gasteiger partial charge in [0.15, 0.2) is 11.5 Å². The number of ether oxygens (including phenoxy) is 8. The van der Waals surface area contributed by atoms with Crippen molar-refractivity contribution in [2.24, 2.45) is 5.73 Å². The zero-order valence-electron chi connectivity index (χ0n) is 51.6. The molecule has 1 unspecified atom stereocenters. The average Bonchev–Trinajstić information content (AvgIpc) is 3.56. The van der Waals surface area contributed by atoms with Crippen molar-refractivity contribution >= 4 is 11.8 Å². The molecule has 1 atom stereocenters. The molecule has 2 amide bonds. The minimum absolute atomic E-state index is 0.145. The van der Waals surface area contributed by atoms with E-state index in [2.05, 4.69) is 38.3 Å². The van der Waals surface area contributed by atoms with Gasteiger partial charge in [0.1, 0.15) is 30.5 Å². The van der Waals surface area contributed by atoms with Crippen LogP contribution in [0.25, 0.3) is 0 Å². The lowest BCUT2D eigenvalue weighted by atomic mass is 9.99. The lowest BCUT2D eigenvalue weighted by molar-refractivity contribution is 0.0861. The molecule has 4 aromatic rings. The molecule has 0 saturated heterocycles. The van der Waals surface area contributed by atoms with Gasteiger partial charge in [-0.1, -0.05) is 180 Å². The van der Waals surface area contributed by atoms with Gasteiger partial charge in [-0.05, 0) is 110 Å². The fraction of sp³-hybridized carbons (Fsp3) is 0.623. The Morgan fingerprint density at radius 1 is 0.390 bits per heavy atom. The van der Waals surface area contributed by atoms with Crippen LogP contribution in [-0.4, -0.2) is 91.0 Å². The Balaban J connectivity index is 1.15. The van der Waals surface area contributed by atoms with E-state index in [1.807, 2.05) is 86.6 Å². The third kappa shape index (κ3) is 28.7. The second kappa shape index (κ2) is 44.1. The highest BCUT2D eigenvalue weighted by Crippen LogP contribution is 2.40. The summed E-state index contributed by atoms with van der Waals surface area (Å²) in [4.78, 5) is 26.6. The van der Waals surface area contributed by atoms with E-state index in [9.17, 15) is 9.59 Å². The summed E-state index contributed by atoms with van der Waals surface area (Å²) < 4.78 is 48.9. The molecule has 4 rings (SSSR count). The number of hydrogen-bond acceptors (Lipinski definition) is 11. The molecule has 4 aromatic carbocycles. The van der Waals surface area contributed by atoms with E-state index < -0.39 is 0 Å². The van der Waals surface area contributed by atoms with E-state index in [-0.39, 0.29) is 17.9 Å². The third-order valence-corrected chi connectivity index (χ3v) is 14.7. The van der Waals surface area contributed by atoms with Crippen LogP contribution in [0.5, 0.6) is 34.5 Å². The van der Waals surface area contributed by atoms with Crippen molar-refractivity contribution in [3.63, 3.8) is 0 Å². The fourth-order valence-corrected chi connectivity index (χ4v) is 9.48. The maximum absolute atomic E-state index is 13.7. The summed E-state index contributed by atoms with van der Waals surface area (Å²) in [6.07, 6.45) is 28.2. The van der Waals surface area contributed by atoms with Gasteiger partial charge in [-0.25, -0.2) is 0 Å². The molecule has 0 bridgehead atoms. The number of nitrogens with two attached hydrogens (primary N) is 1. The van der Waals surface area contributed by atoms with Crippen LogP contribution in [0.1, 0.15) is 231 Å². The van der Waals surface area contributed by atoms with Crippen LogP contribution in [0.4, 0.5) is 0 Å². The van der Waals surface area contributed by atoms with Crippen molar-refractivity contribution in [2.75, 3.05) is 79.2 Å². The Morgan fingerprint density at radius 2 is 0.732 bits per heavy atom. The zero-order chi connectivity index (χ0) is 58.7. The van der Waals surface area contributed by atoms with Gasteiger partial charge in [0.25, 0.3) is 11.8 Å². The van der Waals surface area contributed by atoms with Gasteiger partial charge >= 0.3 is 0 Å². The first kappa shape index (κ1) is 69.0. The van der Waals surface area contributed by atoms with Crippen LogP contribution >= 0.6 is 0 Å². The molecule has 0 spiro atoms. The van der Waals surface area contributed by atoms with Crippen molar-refractivity contribution in [1.29, 1.82) is 0 Å². The summed E-state index contributed by atoms with van der Waals surface area (Å²) in [6, 6.07) is 22.5. The number of benzene rings is 4. The molecule has 0 radical (unpaired) electrons. The quantitative estimate of drug-likeness (QED) is 0.0362. The molecule has 0 aliphatic heterocycles. The van der Waals surface area contributed by atoms with Crippen LogP contribution in [0.15, 0.2) is 72.8 Å². The number of amides is 2. The number of carbonyl (C=O) groups is 2. The zero-order valence-corrected chi connectivity index (χ0v) is 51.6. The lowest BCUT2D eigenvalue weighted by Gasteiger charge is -2.19. The van der Waals surface area contributed by atoms with E-state index in [0.717, 1.165) is 85.1 Å². The predicted octanol–water partition coefficient (Wildman–Crippen LogP) is 16.0. The van der Waals surface area contributed by atoms with Crippen LogP contribution in [0.2, 0.25) is 0 Å². The van der Waals surface area contributed by atoms with Gasteiger partial charge in [-0.2, -0.15) is 0 Å². The number of rotatable bonds is 50. The Bertz CT molecular complexity index is 2250. The molecule has 4 N–H and O–H groups in total. The Hall–Kier alpha value is -5.50. The largest absolute Gasteiger partial charge is 0.493 e. The molecular formula is C69H107N3O10. The Morgan fingerprint density at radius 3 is 1.13 bits per heavy atom. The van der Waals surface area contributed by atoms with Gasteiger partial charge in [0.2, 0.25) is 5.75 Å². The fourth-order valence-electron chi connectivity index (χ4n) is 9.48. The minimum atomic E-state index is -0.331. The normalized spacial score (nSPS) is 11.5. The van der Waals surface area contributed by atoms with Gasteiger partial charge < -0.3 is 54.3 Å². The topological polar surface area (TPSA) is 158 Å². The summed E-state index contributed by atoms with van der Waals surface area (Å²) in [7, 11) is 0. The third-order valence-electron chi connectivity index (χ3n) is 14.7. The molecule has 0 fully saturated rings. The second-order valence-corrected chi connectivity index (χ2v) is 21.7. The van der Waals surface area contributed by atoms with Crippen LogP contribution in [0.3, 0.4) is 0 Å². The molecule has 82 heavy (non-hydrogen) atoms. The lowest BCUT2D eigenvalue weighted by Crippen LogP contribution is -2.28. The first-order chi connectivity index (χ1) is 40.2. The molecule has 13 heteroatoms. The summed E-state index contributed by atoms with van der Waals surface area (Å²) in [6.45, 7) is 18.2. The molecule has 0 aliphatic carbocycles. The van der Waals surface area contributed by atoms with E-state index in [4.69, 9.17) is 43.6 Å². The highest BCUT2D eigenvalue weighted by Gasteiger charge is 2.20. The first-order valence-electron chi connectivity index (χ1n) is 31.9. The second-order valence-electron chi connectivity index (χ2n) is 21.7. The smallest absolute Gasteiger partial charge is 0.251 e. The predicted molar refractivity (Wildman–Crippen MR) is 334 cm³/mol. The SMILES string of the molecule is CCCCCCCCOc1cc(C(=O)NCCOCCOc2ccc(C(N)c3ccc(OCCOCCNC(=O)c4cc(OCCCCCCCC)c(OCCCCCCCC)c(OCCCCCCCC)c4)cc3)cc2)cc(C)c1C. The number of hydrogen-bond donors (Lipinski definition) is 3. The van der Waals surface area contributed by atoms with Gasteiger partial charge in [0, 0.05) is 24.2 Å². The summed E-state index contributed by atoms with van der Waals surface area (Å²) in [5.74, 6) is 3.58. The highest BCUT2D eigenvalue weighted by atomic mass is 16.5. The van der Waals surface area contributed by atoms with Gasteiger partial charge in [-0.15, -0.1) is 0 Å². The van der Waals surface area contributed by atoms with Crippen molar-refractivity contribution < 1.29 is 47.5 Å². The monoisotopic (exact) mass is 1140 g/mol. The molecular weight excluding hydrogens is 1030 g/mol. The Kier molecular flexibility index (Phi) is 37.1. The van der Waals surface area contributed by atoms with E-state index >= 15 is 0 Å².